The van der Waals surface area contributed by atoms with E-state index < -0.39 is 0 Å². The van der Waals surface area contributed by atoms with Gasteiger partial charge in [-0.3, -0.25) is 0 Å². The highest BCUT2D eigenvalue weighted by molar-refractivity contribution is 9.10. The Kier molecular flexibility index (Phi) is 1.52. The third-order valence-electron chi connectivity index (χ3n) is 0.775. The number of aromatic nitrogens is 2. The topological polar surface area (TPSA) is 77.8 Å². The number of hydrogen-bond donors (Lipinski definition) is 2. The van der Waals surface area contributed by atoms with E-state index in [1.165, 1.54) is 6.20 Å². The minimum absolute atomic E-state index is 0.351. The molecule has 0 radical (unpaired) electrons. The Morgan fingerprint density at radius 3 is 2.56 bits per heavy atom. The summed E-state index contributed by atoms with van der Waals surface area (Å²) in [5.74, 6) is 0.709. The van der Waals surface area contributed by atoms with Gasteiger partial charge in [-0.15, -0.1) is 0 Å². The van der Waals surface area contributed by atoms with E-state index in [2.05, 4.69) is 25.9 Å². The number of nitrogens with two attached hydrogens (primary N) is 2. The Labute approximate surface area is 60.4 Å². The molecule has 0 aliphatic carbocycles. The molecule has 0 aliphatic rings. The summed E-state index contributed by atoms with van der Waals surface area (Å²) in [6, 6.07) is 0. The van der Waals surface area contributed by atoms with Gasteiger partial charge in [0.05, 0.1) is 6.20 Å². The molecule has 0 aromatic carbocycles. The maximum Gasteiger partial charge on any atom is 0.156 e. The molecule has 0 saturated carbocycles. The molecule has 0 saturated heterocycles. The van der Waals surface area contributed by atoms with E-state index in [1.54, 1.807) is 0 Å². The third-order valence-corrected chi connectivity index (χ3v) is 1.36. The van der Waals surface area contributed by atoms with Gasteiger partial charge < -0.3 is 11.5 Å². The largest absolute Gasteiger partial charge is 0.382 e. The summed E-state index contributed by atoms with van der Waals surface area (Å²) in [6.45, 7) is 0. The van der Waals surface area contributed by atoms with Crippen molar-refractivity contribution in [3.05, 3.63) is 10.8 Å². The normalized spacial score (nSPS) is 9.44. The second kappa shape index (κ2) is 2.18. The van der Waals surface area contributed by atoms with Crippen LogP contribution in [0.15, 0.2) is 10.8 Å². The average molecular weight is 189 g/mol. The number of halogens is 1. The van der Waals surface area contributed by atoms with Gasteiger partial charge in [-0.1, -0.05) is 0 Å². The molecule has 48 valence electrons. The van der Waals surface area contributed by atoms with Crippen LogP contribution in [-0.2, 0) is 0 Å². The van der Waals surface area contributed by atoms with Crippen molar-refractivity contribution in [3.8, 4) is 0 Å². The maximum atomic E-state index is 5.31. The van der Waals surface area contributed by atoms with Gasteiger partial charge in [0.2, 0.25) is 0 Å². The summed E-state index contributed by atoms with van der Waals surface area (Å²) in [7, 11) is 0. The van der Waals surface area contributed by atoms with Crippen LogP contribution in [0.5, 0.6) is 0 Å². The van der Waals surface area contributed by atoms with E-state index in [-0.39, 0.29) is 0 Å². The molecule has 4 nitrogen and oxygen atoms in total. The Morgan fingerprint density at radius 2 is 2.11 bits per heavy atom. The van der Waals surface area contributed by atoms with Crippen molar-refractivity contribution in [1.29, 1.82) is 0 Å². The van der Waals surface area contributed by atoms with Gasteiger partial charge in [0.15, 0.2) is 10.4 Å². The average Bonchev–Trinajstić information content (AvgIpc) is 1.80. The summed E-state index contributed by atoms with van der Waals surface area (Å²) in [4.78, 5) is 7.50. The fourth-order valence-corrected chi connectivity index (χ4v) is 0.696. The molecule has 0 atom stereocenters. The fourth-order valence-electron chi connectivity index (χ4n) is 0.388. The van der Waals surface area contributed by atoms with Crippen LogP contribution in [0, 0.1) is 0 Å². The zero-order valence-corrected chi connectivity index (χ0v) is 6.09. The second-order valence-corrected chi connectivity index (χ2v) is 2.22. The van der Waals surface area contributed by atoms with Crippen molar-refractivity contribution in [2.75, 3.05) is 11.5 Å². The van der Waals surface area contributed by atoms with Crippen molar-refractivity contribution in [3.63, 3.8) is 0 Å². The highest BCUT2D eigenvalue weighted by Gasteiger charge is 1.95. The van der Waals surface area contributed by atoms with Crippen molar-refractivity contribution in [1.82, 2.24) is 9.97 Å². The predicted octanol–water partition coefficient (Wildman–Crippen LogP) is 0.404. The van der Waals surface area contributed by atoms with Gasteiger partial charge in [-0.2, -0.15) is 0 Å². The fraction of sp³-hybridized carbons (Fsp3) is 0. The molecule has 0 spiro atoms. The SMILES string of the molecule is Nc1cnc(N)c(Br)n1. The zero-order valence-electron chi connectivity index (χ0n) is 4.50. The van der Waals surface area contributed by atoms with Gasteiger partial charge in [0.1, 0.15) is 5.82 Å². The molecule has 0 aliphatic heterocycles. The van der Waals surface area contributed by atoms with Gasteiger partial charge in [-0.25, -0.2) is 9.97 Å². The van der Waals surface area contributed by atoms with E-state index in [1.807, 2.05) is 0 Å². The molecular formula is C4H5BrN4. The highest BCUT2D eigenvalue weighted by atomic mass is 79.9. The minimum atomic E-state index is 0.351. The second-order valence-electron chi connectivity index (χ2n) is 1.47. The van der Waals surface area contributed by atoms with E-state index in [0.29, 0.717) is 16.2 Å². The van der Waals surface area contributed by atoms with E-state index in [0.717, 1.165) is 0 Å². The molecule has 0 amide bonds. The van der Waals surface area contributed by atoms with Crippen molar-refractivity contribution < 1.29 is 0 Å². The Hall–Kier alpha value is -0.840. The lowest BCUT2D eigenvalue weighted by Crippen LogP contribution is -1.97. The van der Waals surface area contributed by atoms with Crippen LogP contribution in [0.1, 0.15) is 0 Å². The molecule has 0 unspecified atom stereocenters. The van der Waals surface area contributed by atoms with E-state index in [9.17, 15) is 0 Å². The molecule has 4 N–H and O–H groups in total. The third kappa shape index (κ3) is 1.29. The molecule has 1 heterocycles. The van der Waals surface area contributed by atoms with Gasteiger partial charge >= 0.3 is 0 Å². The van der Waals surface area contributed by atoms with E-state index in [4.69, 9.17) is 11.5 Å². The number of rotatable bonds is 0. The molecular weight excluding hydrogens is 184 g/mol. The lowest BCUT2D eigenvalue weighted by Gasteiger charge is -1.94. The Bertz CT molecular complexity index is 224. The first kappa shape index (κ1) is 6.28. The summed E-state index contributed by atoms with van der Waals surface area (Å²) in [5.41, 5.74) is 10.6. The first-order chi connectivity index (χ1) is 4.20. The van der Waals surface area contributed by atoms with Crippen LogP contribution >= 0.6 is 15.9 Å². The summed E-state index contributed by atoms with van der Waals surface area (Å²) < 4.78 is 0.488. The zero-order chi connectivity index (χ0) is 6.85. The number of nitrogen functional groups attached to an aromatic ring is 2. The van der Waals surface area contributed by atoms with Crippen LogP contribution in [0.2, 0.25) is 0 Å². The summed E-state index contributed by atoms with van der Waals surface area (Å²) in [6.07, 6.45) is 1.40. The smallest absolute Gasteiger partial charge is 0.156 e. The van der Waals surface area contributed by atoms with Crippen molar-refractivity contribution >= 4 is 27.6 Å². The van der Waals surface area contributed by atoms with Crippen LogP contribution < -0.4 is 11.5 Å². The predicted molar refractivity (Wildman–Crippen MR) is 38.6 cm³/mol. The Balaban J connectivity index is 3.17. The van der Waals surface area contributed by atoms with Crippen LogP contribution in [-0.4, -0.2) is 9.97 Å². The summed E-state index contributed by atoms with van der Waals surface area (Å²) in [5, 5.41) is 0. The number of nitrogens with zero attached hydrogens (tertiary/aromatic N) is 2. The number of anilines is 2. The van der Waals surface area contributed by atoms with Gasteiger partial charge in [-0.05, 0) is 15.9 Å². The molecule has 0 fully saturated rings. The summed E-state index contributed by atoms with van der Waals surface area (Å²) >= 11 is 3.07. The molecule has 1 aromatic rings. The van der Waals surface area contributed by atoms with Crippen molar-refractivity contribution in [2.45, 2.75) is 0 Å². The van der Waals surface area contributed by atoms with Crippen molar-refractivity contribution in [2.24, 2.45) is 0 Å². The lowest BCUT2D eigenvalue weighted by atomic mass is 10.6. The number of hydrogen-bond acceptors (Lipinski definition) is 4. The lowest BCUT2D eigenvalue weighted by molar-refractivity contribution is 1.19. The van der Waals surface area contributed by atoms with E-state index >= 15 is 0 Å². The monoisotopic (exact) mass is 188 g/mol. The first-order valence-corrected chi connectivity index (χ1v) is 3.03. The Morgan fingerprint density at radius 1 is 1.44 bits per heavy atom. The molecule has 5 heteroatoms. The molecule has 1 aromatic heterocycles. The first-order valence-electron chi connectivity index (χ1n) is 2.23. The quantitative estimate of drug-likeness (QED) is 0.619. The van der Waals surface area contributed by atoms with Gasteiger partial charge in [0, 0.05) is 0 Å². The van der Waals surface area contributed by atoms with Crippen LogP contribution in [0.25, 0.3) is 0 Å². The standard InChI is InChI=1S/C4H5BrN4/c5-3-4(7)8-1-2(6)9-3/h1H,(H2,6,9)(H2,7,8). The minimum Gasteiger partial charge on any atom is -0.382 e. The molecule has 1 rings (SSSR count). The van der Waals surface area contributed by atoms with Gasteiger partial charge in [0.25, 0.3) is 0 Å². The molecule has 0 bridgehead atoms. The maximum absolute atomic E-state index is 5.31. The van der Waals surface area contributed by atoms with Crippen LogP contribution in [0.4, 0.5) is 11.6 Å². The highest BCUT2D eigenvalue weighted by Crippen LogP contribution is 2.13. The van der Waals surface area contributed by atoms with Crippen LogP contribution in [0.3, 0.4) is 0 Å². The molecule has 9 heavy (non-hydrogen) atoms.